The van der Waals surface area contributed by atoms with E-state index >= 15 is 0 Å². The third kappa shape index (κ3) is 1.82. The molecule has 2 aliphatic rings. The number of hydrogen-bond donors (Lipinski definition) is 1. The van der Waals surface area contributed by atoms with Crippen LogP contribution in [0.2, 0.25) is 0 Å². The minimum absolute atomic E-state index is 0.307. The van der Waals surface area contributed by atoms with Crippen molar-refractivity contribution in [3.63, 3.8) is 0 Å². The van der Waals surface area contributed by atoms with Gasteiger partial charge in [0.2, 0.25) is 0 Å². The fourth-order valence-electron chi connectivity index (χ4n) is 3.23. The molecule has 17 heavy (non-hydrogen) atoms. The lowest BCUT2D eigenvalue weighted by atomic mass is 9.70. The van der Waals surface area contributed by atoms with Gasteiger partial charge in [0.05, 0.1) is 17.6 Å². The van der Waals surface area contributed by atoms with Gasteiger partial charge in [-0.05, 0) is 25.0 Å². The van der Waals surface area contributed by atoms with E-state index in [1.807, 2.05) is 6.33 Å². The highest BCUT2D eigenvalue weighted by atomic mass is 32.2. The van der Waals surface area contributed by atoms with Crippen LogP contribution in [-0.2, 0) is 12.0 Å². The Morgan fingerprint density at radius 2 is 2.41 bits per heavy atom. The van der Waals surface area contributed by atoms with Crippen LogP contribution >= 0.6 is 11.8 Å². The Morgan fingerprint density at radius 3 is 3.12 bits per heavy atom. The van der Waals surface area contributed by atoms with Crippen LogP contribution < -0.4 is 0 Å². The minimum atomic E-state index is 0.307. The van der Waals surface area contributed by atoms with Crippen molar-refractivity contribution in [1.29, 1.82) is 0 Å². The summed E-state index contributed by atoms with van der Waals surface area (Å²) in [6.07, 6.45) is 7.01. The number of H-pyrrole nitrogens is 1. The molecule has 4 heteroatoms. The summed E-state index contributed by atoms with van der Waals surface area (Å²) in [6, 6.07) is 0. The zero-order valence-electron chi connectivity index (χ0n) is 10.5. The third-order valence-corrected chi connectivity index (χ3v) is 5.17. The van der Waals surface area contributed by atoms with Gasteiger partial charge in [-0.2, -0.15) is 11.8 Å². The highest BCUT2D eigenvalue weighted by Crippen LogP contribution is 2.48. The second-order valence-corrected chi connectivity index (χ2v) is 6.44. The Kier molecular flexibility index (Phi) is 3.17. The molecule has 0 unspecified atom stereocenters. The summed E-state index contributed by atoms with van der Waals surface area (Å²) in [4.78, 5) is 10.6. The number of nitrogens with one attached hydrogen (secondary N) is 1. The molecule has 1 aliphatic heterocycles. The van der Waals surface area contributed by atoms with E-state index < -0.39 is 0 Å². The van der Waals surface area contributed by atoms with Gasteiger partial charge in [-0.1, -0.05) is 6.92 Å². The summed E-state index contributed by atoms with van der Waals surface area (Å²) >= 11 is 2.05. The first-order chi connectivity index (χ1) is 8.37. The first-order valence-corrected chi connectivity index (χ1v) is 7.88. The monoisotopic (exact) mass is 251 g/mol. The fourth-order valence-corrected chi connectivity index (χ4v) is 3.87. The molecule has 0 amide bonds. The van der Waals surface area contributed by atoms with Gasteiger partial charge in [-0.15, -0.1) is 0 Å². The molecule has 0 atom stereocenters. The Hall–Kier alpha value is -0.480. The van der Waals surface area contributed by atoms with Crippen molar-refractivity contribution in [2.45, 2.75) is 38.1 Å². The molecule has 3 nitrogen and oxygen atoms in total. The highest BCUT2D eigenvalue weighted by molar-refractivity contribution is 7.99. The molecular formula is C13H21N3S. The van der Waals surface area contributed by atoms with Crippen LogP contribution in [0.3, 0.4) is 0 Å². The standard InChI is InChI=1S/C13H21N3S/c1-2-17-9-8-16-7-4-11-12(15-10-14-11)13(16)5-3-6-13/h10H,2-9H2,1H3,(H,14,15). The zero-order valence-corrected chi connectivity index (χ0v) is 11.4. The van der Waals surface area contributed by atoms with Crippen LogP contribution in [0, 0.1) is 0 Å². The first-order valence-electron chi connectivity index (χ1n) is 6.72. The maximum Gasteiger partial charge on any atom is 0.0926 e. The first kappa shape index (κ1) is 11.6. The van der Waals surface area contributed by atoms with Gasteiger partial charge in [-0.25, -0.2) is 4.98 Å². The molecule has 1 aliphatic carbocycles. The van der Waals surface area contributed by atoms with Gasteiger partial charge >= 0.3 is 0 Å². The van der Waals surface area contributed by atoms with E-state index in [1.54, 1.807) is 0 Å². The van der Waals surface area contributed by atoms with E-state index in [1.165, 1.54) is 55.2 Å². The lowest BCUT2D eigenvalue weighted by molar-refractivity contribution is 0.00360. The maximum absolute atomic E-state index is 4.61. The molecule has 1 spiro atoms. The van der Waals surface area contributed by atoms with Crippen LogP contribution in [0.25, 0.3) is 0 Å². The molecule has 0 saturated heterocycles. The van der Waals surface area contributed by atoms with Gasteiger partial charge in [0.25, 0.3) is 0 Å². The molecule has 1 N–H and O–H groups in total. The molecule has 1 saturated carbocycles. The van der Waals surface area contributed by atoms with Crippen LogP contribution in [0.4, 0.5) is 0 Å². The minimum Gasteiger partial charge on any atom is -0.348 e. The highest BCUT2D eigenvalue weighted by Gasteiger charge is 2.48. The number of imidazole rings is 1. The molecule has 0 bridgehead atoms. The molecule has 1 aromatic rings. The number of hydrogen-bond acceptors (Lipinski definition) is 3. The van der Waals surface area contributed by atoms with Crippen LogP contribution in [0.1, 0.15) is 37.6 Å². The Labute approximate surface area is 107 Å². The van der Waals surface area contributed by atoms with Crippen LogP contribution in [0.15, 0.2) is 6.33 Å². The summed E-state index contributed by atoms with van der Waals surface area (Å²) in [5.74, 6) is 2.49. The maximum atomic E-state index is 4.61. The van der Waals surface area contributed by atoms with E-state index in [4.69, 9.17) is 0 Å². The summed E-state index contributed by atoms with van der Waals surface area (Å²) in [6.45, 7) is 4.68. The van der Waals surface area contributed by atoms with Crippen molar-refractivity contribution in [3.8, 4) is 0 Å². The van der Waals surface area contributed by atoms with E-state index in [0.717, 1.165) is 6.42 Å². The summed E-state index contributed by atoms with van der Waals surface area (Å²) in [5, 5.41) is 0. The summed E-state index contributed by atoms with van der Waals surface area (Å²) in [5.41, 5.74) is 3.06. The quantitative estimate of drug-likeness (QED) is 0.834. The molecule has 94 valence electrons. The molecule has 0 radical (unpaired) electrons. The van der Waals surface area contributed by atoms with Crippen LogP contribution in [0.5, 0.6) is 0 Å². The average molecular weight is 251 g/mol. The zero-order chi connectivity index (χ0) is 11.7. The number of rotatable bonds is 4. The average Bonchev–Trinajstić information content (AvgIpc) is 2.75. The summed E-state index contributed by atoms with van der Waals surface area (Å²) in [7, 11) is 0. The van der Waals surface area contributed by atoms with Crippen molar-refractivity contribution in [3.05, 3.63) is 17.7 Å². The number of fused-ring (bicyclic) bond motifs is 2. The lowest BCUT2D eigenvalue weighted by Crippen LogP contribution is -2.55. The molecule has 1 fully saturated rings. The number of aromatic amines is 1. The van der Waals surface area contributed by atoms with Crippen molar-refractivity contribution < 1.29 is 0 Å². The molecule has 0 aromatic carbocycles. The normalized spacial score (nSPS) is 22.4. The number of aromatic nitrogens is 2. The lowest BCUT2D eigenvalue weighted by Gasteiger charge is -2.52. The largest absolute Gasteiger partial charge is 0.348 e. The van der Waals surface area contributed by atoms with Gasteiger partial charge < -0.3 is 4.98 Å². The Balaban J connectivity index is 1.78. The van der Waals surface area contributed by atoms with E-state index in [2.05, 4.69) is 33.6 Å². The van der Waals surface area contributed by atoms with Crippen molar-refractivity contribution in [2.24, 2.45) is 0 Å². The number of nitrogens with zero attached hydrogens (tertiary/aromatic N) is 2. The topological polar surface area (TPSA) is 31.9 Å². The van der Waals surface area contributed by atoms with E-state index in [0.29, 0.717) is 5.54 Å². The Morgan fingerprint density at radius 1 is 1.53 bits per heavy atom. The third-order valence-electron chi connectivity index (χ3n) is 4.29. The second kappa shape index (κ2) is 4.65. The molecular weight excluding hydrogens is 230 g/mol. The van der Waals surface area contributed by atoms with Crippen LogP contribution in [-0.4, -0.2) is 39.5 Å². The van der Waals surface area contributed by atoms with Gasteiger partial charge in [-0.3, -0.25) is 4.90 Å². The van der Waals surface area contributed by atoms with E-state index in [-0.39, 0.29) is 0 Å². The predicted molar refractivity (Wildman–Crippen MR) is 72.4 cm³/mol. The van der Waals surface area contributed by atoms with E-state index in [9.17, 15) is 0 Å². The molecule has 1 aromatic heterocycles. The van der Waals surface area contributed by atoms with Crippen molar-refractivity contribution in [1.82, 2.24) is 14.9 Å². The summed E-state index contributed by atoms with van der Waals surface area (Å²) < 4.78 is 0. The predicted octanol–water partition coefficient (Wildman–Crippen LogP) is 2.40. The van der Waals surface area contributed by atoms with Gasteiger partial charge in [0, 0.05) is 31.0 Å². The van der Waals surface area contributed by atoms with Crippen molar-refractivity contribution in [2.75, 3.05) is 24.6 Å². The number of thioether (sulfide) groups is 1. The Bertz CT molecular complexity index is 384. The van der Waals surface area contributed by atoms with Gasteiger partial charge in [0.1, 0.15) is 0 Å². The molecule has 2 heterocycles. The SMILES string of the molecule is CCSCCN1CCc2[nH]cnc2C12CCC2. The van der Waals surface area contributed by atoms with Crippen molar-refractivity contribution >= 4 is 11.8 Å². The molecule has 3 rings (SSSR count). The second-order valence-electron chi connectivity index (χ2n) is 5.05. The fraction of sp³-hybridized carbons (Fsp3) is 0.769. The smallest absolute Gasteiger partial charge is 0.0926 e. The van der Waals surface area contributed by atoms with Gasteiger partial charge in [0.15, 0.2) is 0 Å².